The lowest BCUT2D eigenvalue weighted by Gasteiger charge is -2.08. The number of benzene rings is 2. The molecule has 0 aliphatic carbocycles. The molecule has 0 aliphatic heterocycles. The Bertz CT molecular complexity index is 698. The quantitative estimate of drug-likeness (QED) is 0.650. The molecule has 0 fully saturated rings. The molecule has 2 aromatic carbocycles. The van der Waals surface area contributed by atoms with E-state index in [0.29, 0.717) is 17.8 Å². The van der Waals surface area contributed by atoms with Crippen molar-refractivity contribution in [3.63, 3.8) is 0 Å². The van der Waals surface area contributed by atoms with Crippen molar-refractivity contribution in [2.75, 3.05) is 5.32 Å². The summed E-state index contributed by atoms with van der Waals surface area (Å²) >= 11 is 0. The fraction of sp³-hybridized carbons (Fsp3) is 0.133. The summed E-state index contributed by atoms with van der Waals surface area (Å²) in [7, 11) is 0. The van der Waals surface area contributed by atoms with Crippen LogP contribution in [0.15, 0.2) is 42.5 Å². The van der Waals surface area contributed by atoms with E-state index in [-0.39, 0.29) is 11.3 Å². The Balaban J connectivity index is 2.13. The van der Waals surface area contributed by atoms with Crippen molar-refractivity contribution in [3.8, 4) is 0 Å². The highest BCUT2D eigenvalue weighted by atomic mass is 16.6. The second-order valence-corrected chi connectivity index (χ2v) is 4.62. The Morgan fingerprint density at radius 3 is 2.71 bits per heavy atom. The number of nitrogens with one attached hydrogen (secondary N) is 1. The summed E-state index contributed by atoms with van der Waals surface area (Å²) in [6.45, 7) is 2.07. The number of carbonyl (C=O) groups is 1. The lowest BCUT2D eigenvalue weighted by Crippen LogP contribution is -2.03. The number of nitro benzene ring substituents is 1. The Labute approximate surface area is 121 Å². The molecule has 0 spiro atoms. The predicted molar refractivity (Wildman–Crippen MR) is 78.6 cm³/mol. The minimum atomic E-state index is -0.983. The van der Waals surface area contributed by atoms with Crippen molar-refractivity contribution in [3.05, 3.63) is 69.3 Å². The van der Waals surface area contributed by atoms with Crippen molar-refractivity contribution < 1.29 is 14.8 Å². The van der Waals surface area contributed by atoms with Gasteiger partial charge in [0.05, 0.1) is 10.5 Å². The SMILES string of the molecule is Cc1ccc(NCc2cccc(C(=O)O)c2)cc1[N+](=O)[O-]. The molecule has 0 saturated carbocycles. The molecule has 0 heterocycles. The van der Waals surface area contributed by atoms with Crippen LogP contribution in [0.25, 0.3) is 0 Å². The molecule has 0 aliphatic rings. The van der Waals surface area contributed by atoms with E-state index in [1.54, 1.807) is 37.3 Å². The first kappa shape index (κ1) is 14.5. The number of rotatable bonds is 5. The van der Waals surface area contributed by atoms with Gasteiger partial charge in [-0.1, -0.05) is 18.2 Å². The number of nitro groups is 1. The van der Waals surface area contributed by atoms with E-state index in [0.717, 1.165) is 5.56 Å². The highest BCUT2D eigenvalue weighted by Gasteiger charge is 2.11. The summed E-state index contributed by atoms with van der Waals surface area (Å²) in [5.74, 6) is -0.983. The van der Waals surface area contributed by atoms with Crippen molar-refractivity contribution >= 4 is 17.3 Å². The van der Waals surface area contributed by atoms with Crippen molar-refractivity contribution in [2.24, 2.45) is 0 Å². The van der Waals surface area contributed by atoms with Crippen LogP contribution in [0, 0.1) is 17.0 Å². The topological polar surface area (TPSA) is 92.5 Å². The van der Waals surface area contributed by atoms with E-state index >= 15 is 0 Å². The van der Waals surface area contributed by atoms with Crippen LogP contribution in [0.1, 0.15) is 21.5 Å². The molecule has 21 heavy (non-hydrogen) atoms. The van der Waals surface area contributed by atoms with E-state index in [1.165, 1.54) is 12.1 Å². The summed E-state index contributed by atoms with van der Waals surface area (Å²) in [4.78, 5) is 21.3. The third-order valence-electron chi connectivity index (χ3n) is 3.08. The van der Waals surface area contributed by atoms with Crippen LogP contribution < -0.4 is 5.32 Å². The molecule has 0 atom stereocenters. The first-order valence-corrected chi connectivity index (χ1v) is 6.28. The molecule has 0 saturated heterocycles. The second-order valence-electron chi connectivity index (χ2n) is 4.62. The summed E-state index contributed by atoms with van der Waals surface area (Å²) in [5, 5.41) is 22.9. The van der Waals surface area contributed by atoms with E-state index in [4.69, 9.17) is 5.11 Å². The van der Waals surface area contributed by atoms with Gasteiger partial charge in [-0.05, 0) is 30.7 Å². The number of carboxylic acids is 1. The standard InChI is InChI=1S/C15H14N2O4/c1-10-5-6-13(8-14(10)17(20)21)16-9-11-3-2-4-12(7-11)15(18)19/h2-8,16H,9H2,1H3,(H,18,19). The number of carboxylic acid groups (broad SMARTS) is 1. The van der Waals surface area contributed by atoms with Crippen LogP contribution in [-0.4, -0.2) is 16.0 Å². The van der Waals surface area contributed by atoms with Crippen molar-refractivity contribution in [1.82, 2.24) is 0 Å². The molecule has 2 rings (SSSR count). The first-order valence-electron chi connectivity index (χ1n) is 6.28. The van der Waals surface area contributed by atoms with Gasteiger partial charge in [0.15, 0.2) is 0 Å². The molecule has 0 unspecified atom stereocenters. The predicted octanol–water partition coefficient (Wildman–Crippen LogP) is 3.21. The molecule has 0 bridgehead atoms. The average Bonchev–Trinajstić information content (AvgIpc) is 2.46. The molecule has 0 radical (unpaired) electrons. The van der Waals surface area contributed by atoms with Crippen molar-refractivity contribution in [1.29, 1.82) is 0 Å². The minimum absolute atomic E-state index is 0.0549. The largest absolute Gasteiger partial charge is 0.478 e. The van der Waals surface area contributed by atoms with E-state index < -0.39 is 10.9 Å². The Hall–Kier alpha value is -2.89. The molecular weight excluding hydrogens is 272 g/mol. The monoisotopic (exact) mass is 286 g/mol. The maximum absolute atomic E-state index is 10.9. The maximum atomic E-state index is 10.9. The zero-order valence-electron chi connectivity index (χ0n) is 11.4. The van der Waals surface area contributed by atoms with Gasteiger partial charge in [0, 0.05) is 23.9 Å². The fourth-order valence-corrected chi connectivity index (χ4v) is 1.93. The van der Waals surface area contributed by atoms with Gasteiger partial charge in [0.25, 0.3) is 5.69 Å². The number of hydrogen-bond donors (Lipinski definition) is 2. The highest BCUT2D eigenvalue weighted by molar-refractivity contribution is 5.87. The molecule has 6 heteroatoms. The summed E-state index contributed by atoms with van der Waals surface area (Å²) in [6, 6.07) is 11.4. The molecule has 2 N–H and O–H groups in total. The molecule has 0 amide bonds. The lowest BCUT2D eigenvalue weighted by molar-refractivity contribution is -0.385. The Morgan fingerprint density at radius 2 is 2.05 bits per heavy atom. The van der Waals surface area contributed by atoms with Gasteiger partial charge in [-0.2, -0.15) is 0 Å². The van der Waals surface area contributed by atoms with Crippen LogP contribution in [0.2, 0.25) is 0 Å². The zero-order chi connectivity index (χ0) is 15.4. The van der Waals surface area contributed by atoms with Crippen LogP contribution in [0.5, 0.6) is 0 Å². The lowest BCUT2D eigenvalue weighted by atomic mass is 10.1. The number of aromatic carboxylic acids is 1. The zero-order valence-corrected chi connectivity index (χ0v) is 11.4. The van der Waals surface area contributed by atoms with Crippen molar-refractivity contribution in [2.45, 2.75) is 13.5 Å². The first-order chi connectivity index (χ1) is 9.97. The summed E-state index contributed by atoms with van der Waals surface area (Å²) < 4.78 is 0. The third-order valence-corrected chi connectivity index (χ3v) is 3.08. The fourth-order valence-electron chi connectivity index (χ4n) is 1.93. The number of nitrogens with zero attached hydrogens (tertiary/aromatic N) is 1. The van der Waals surface area contributed by atoms with Gasteiger partial charge < -0.3 is 10.4 Å². The van der Waals surface area contributed by atoms with Gasteiger partial charge in [-0.3, -0.25) is 10.1 Å². The molecule has 6 nitrogen and oxygen atoms in total. The van der Waals surface area contributed by atoms with Crippen LogP contribution >= 0.6 is 0 Å². The van der Waals surface area contributed by atoms with Gasteiger partial charge in [-0.15, -0.1) is 0 Å². The van der Waals surface area contributed by atoms with E-state index in [1.807, 2.05) is 0 Å². The number of aryl methyl sites for hydroxylation is 1. The summed E-state index contributed by atoms with van der Waals surface area (Å²) in [5.41, 5.74) is 2.27. The third kappa shape index (κ3) is 3.56. The highest BCUT2D eigenvalue weighted by Crippen LogP contribution is 2.22. The second kappa shape index (κ2) is 6.04. The van der Waals surface area contributed by atoms with Gasteiger partial charge >= 0.3 is 5.97 Å². The Morgan fingerprint density at radius 1 is 1.29 bits per heavy atom. The van der Waals surface area contributed by atoms with E-state index in [2.05, 4.69) is 5.32 Å². The van der Waals surface area contributed by atoms with E-state index in [9.17, 15) is 14.9 Å². The van der Waals surface area contributed by atoms with Gasteiger partial charge in [0.1, 0.15) is 0 Å². The van der Waals surface area contributed by atoms with Crippen LogP contribution in [0.3, 0.4) is 0 Å². The summed E-state index contributed by atoms with van der Waals surface area (Å²) in [6.07, 6.45) is 0. The molecular formula is C15H14N2O4. The van der Waals surface area contributed by atoms with Crippen LogP contribution in [0.4, 0.5) is 11.4 Å². The molecule has 108 valence electrons. The Kier molecular flexibility index (Phi) is 4.18. The minimum Gasteiger partial charge on any atom is -0.478 e. The molecule has 0 aromatic heterocycles. The smallest absolute Gasteiger partial charge is 0.335 e. The van der Waals surface area contributed by atoms with Gasteiger partial charge in [-0.25, -0.2) is 4.79 Å². The molecule has 2 aromatic rings. The normalized spacial score (nSPS) is 10.1. The van der Waals surface area contributed by atoms with Crippen LogP contribution in [-0.2, 0) is 6.54 Å². The number of hydrogen-bond acceptors (Lipinski definition) is 4. The average molecular weight is 286 g/mol. The number of anilines is 1. The maximum Gasteiger partial charge on any atom is 0.335 e. The van der Waals surface area contributed by atoms with Gasteiger partial charge in [0.2, 0.25) is 0 Å².